The van der Waals surface area contributed by atoms with E-state index in [0.29, 0.717) is 31.5 Å². The number of carbonyl (C=O) groups is 2. The molecule has 2 saturated heterocycles. The number of hydrogen-bond donors (Lipinski definition) is 0. The predicted molar refractivity (Wildman–Crippen MR) is 126 cm³/mol. The third kappa shape index (κ3) is 5.88. The average Bonchev–Trinajstić information content (AvgIpc) is 2.77. The summed E-state index contributed by atoms with van der Waals surface area (Å²) < 4.78 is 10.2. The summed E-state index contributed by atoms with van der Waals surface area (Å²) in [6.07, 6.45) is 5.04. The van der Waals surface area contributed by atoms with Gasteiger partial charge in [0.1, 0.15) is 5.60 Å². The second-order valence-corrected chi connectivity index (χ2v) is 9.83. The number of rotatable bonds is 3. The number of carbonyl (C=O) groups excluding carboxylic acids is 2. The van der Waals surface area contributed by atoms with Gasteiger partial charge in [-0.25, -0.2) is 19.6 Å². The minimum Gasteiger partial charge on any atom is -0.464 e. The summed E-state index contributed by atoms with van der Waals surface area (Å²) in [7, 11) is 1.30. The van der Waals surface area contributed by atoms with Gasteiger partial charge >= 0.3 is 12.1 Å². The van der Waals surface area contributed by atoms with Gasteiger partial charge in [0.15, 0.2) is 16.7 Å². The van der Waals surface area contributed by atoms with Gasteiger partial charge in [-0.15, -0.1) is 0 Å². The van der Waals surface area contributed by atoms with E-state index >= 15 is 0 Å². The van der Waals surface area contributed by atoms with Crippen LogP contribution in [0.3, 0.4) is 0 Å². The van der Waals surface area contributed by atoms with Crippen LogP contribution in [0.1, 0.15) is 57.9 Å². The monoisotopic (exact) mass is 479 g/mol. The Morgan fingerprint density at radius 2 is 1.88 bits per heavy atom. The average molecular weight is 480 g/mol. The molecule has 1 atom stereocenters. The first kappa shape index (κ1) is 25.1. The maximum absolute atomic E-state index is 12.4. The Labute approximate surface area is 200 Å². The summed E-state index contributed by atoms with van der Waals surface area (Å²) in [5.74, 6) is -0.0174. The number of piperazine rings is 1. The molecule has 0 aromatic carbocycles. The van der Waals surface area contributed by atoms with Crippen molar-refractivity contribution in [1.82, 2.24) is 19.8 Å². The third-order valence-electron chi connectivity index (χ3n) is 5.96. The number of methoxy groups -OCH3 is 1. The molecule has 0 saturated carbocycles. The Morgan fingerprint density at radius 1 is 1.21 bits per heavy atom. The molecule has 2 aliphatic heterocycles. The molecule has 1 aromatic heterocycles. The van der Waals surface area contributed by atoms with E-state index in [4.69, 9.17) is 21.1 Å². The maximum atomic E-state index is 12.4. The quantitative estimate of drug-likeness (QED) is 0.606. The van der Waals surface area contributed by atoms with Gasteiger partial charge in [-0.05, 0) is 47.5 Å². The lowest BCUT2D eigenvalue weighted by molar-refractivity contribution is 0.0153. The zero-order valence-corrected chi connectivity index (χ0v) is 21.1. The molecule has 3 rings (SSSR count). The molecule has 33 heavy (non-hydrogen) atoms. The highest BCUT2D eigenvalue weighted by Gasteiger charge is 2.35. The normalized spacial score (nSPS) is 21.4. The second kappa shape index (κ2) is 10.2. The van der Waals surface area contributed by atoms with Crippen LogP contribution < -0.4 is 4.90 Å². The van der Waals surface area contributed by atoms with Gasteiger partial charge in [-0.2, -0.15) is 0 Å². The Hall–Kier alpha value is -2.55. The fourth-order valence-electron chi connectivity index (χ4n) is 4.29. The Balaban J connectivity index is 1.67. The molecule has 1 amide bonds. The van der Waals surface area contributed by atoms with E-state index in [1.807, 2.05) is 27.7 Å². The molecule has 10 heteroatoms. The maximum Gasteiger partial charge on any atom is 0.410 e. The Kier molecular flexibility index (Phi) is 7.72. The molecule has 1 aromatic rings. The summed E-state index contributed by atoms with van der Waals surface area (Å²) in [5.41, 5.74) is 0.774. The van der Waals surface area contributed by atoms with Crippen LogP contribution in [-0.2, 0) is 9.47 Å². The first-order valence-corrected chi connectivity index (χ1v) is 11.7. The van der Waals surface area contributed by atoms with Gasteiger partial charge in [0, 0.05) is 37.4 Å². The van der Waals surface area contributed by atoms with Crippen LogP contribution in [0.15, 0.2) is 18.0 Å². The van der Waals surface area contributed by atoms with Gasteiger partial charge in [-0.1, -0.05) is 17.7 Å². The molecule has 0 unspecified atom stereocenters. The molecule has 2 fully saturated rings. The summed E-state index contributed by atoms with van der Waals surface area (Å²) in [5, 5.41) is 0.180. The smallest absolute Gasteiger partial charge is 0.410 e. The number of amides is 1. The van der Waals surface area contributed by atoms with E-state index in [1.165, 1.54) is 19.0 Å². The van der Waals surface area contributed by atoms with Crippen LogP contribution in [0, 0.1) is 0 Å². The van der Waals surface area contributed by atoms with E-state index in [0.717, 1.165) is 19.4 Å². The molecule has 0 radical (unpaired) electrons. The third-order valence-corrected chi connectivity index (χ3v) is 6.22. The van der Waals surface area contributed by atoms with E-state index < -0.39 is 11.6 Å². The molecule has 182 valence electrons. The number of esters is 1. The van der Waals surface area contributed by atoms with Crippen LogP contribution in [0.5, 0.6) is 0 Å². The van der Waals surface area contributed by atoms with Gasteiger partial charge in [0.2, 0.25) is 0 Å². The van der Waals surface area contributed by atoms with Crippen molar-refractivity contribution in [2.75, 3.05) is 38.2 Å². The largest absolute Gasteiger partial charge is 0.464 e. The van der Waals surface area contributed by atoms with E-state index in [9.17, 15) is 9.59 Å². The number of nitrogens with zero attached hydrogens (tertiary/aromatic N) is 5. The van der Waals surface area contributed by atoms with Crippen molar-refractivity contribution in [2.45, 2.75) is 65.1 Å². The highest BCUT2D eigenvalue weighted by atomic mass is 35.5. The zero-order valence-electron chi connectivity index (χ0n) is 20.3. The molecule has 9 nitrogen and oxygen atoms in total. The summed E-state index contributed by atoms with van der Waals surface area (Å²) in [6.45, 7) is 12.6. The molecular formula is C23H34ClN5O4. The van der Waals surface area contributed by atoms with Crippen molar-refractivity contribution in [2.24, 2.45) is 0 Å². The number of hydrogen-bond acceptors (Lipinski definition) is 8. The number of ether oxygens (including phenoxy) is 2. The van der Waals surface area contributed by atoms with Crippen molar-refractivity contribution in [3.05, 3.63) is 28.8 Å². The van der Waals surface area contributed by atoms with Gasteiger partial charge < -0.3 is 24.2 Å². The van der Waals surface area contributed by atoms with Crippen molar-refractivity contribution in [1.29, 1.82) is 0 Å². The van der Waals surface area contributed by atoms with Gasteiger partial charge in [0.25, 0.3) is 0 Å². The standard InChI is InChI=1S/C23H34ClN5O4/c1-7-16-14-28(20-19(24)26-18(12-25-20)21(30)32-6)15(2)13-29(16)17-8-10-27(11-9-17)22(31)33-23(3,4)5/h7,12,15,17H,8-11,13-14H2,1-6H3/b16-7+/t15-/m1/s1. The highest BCUT2D eigenvalue weighted by molar-refractivity contribution is 6.31. The SMILES string of the molecule is C/C=C1\CN(c2ncc(C(=O)OC)nc2Cl)[C@H](C)CN1C1CCN(C(=O)OC(C)(C)C)CC1. The van der Waals surface area contributed by atoms with Crippen LogP contribution in [0.25, 0.3) is 0 Å². The van der Waals surface area contributed by atoms with Crippen molar-refractivity contribution in [3.63, 3.8) is 0 Å². The van der Waals surface area contributed by atoms with Crippen molar-refractivity contribution in [3.8, 4) is 0 Å². The second-order valence-electron chi connectivity index (χ2n) is 9.47. The highest BCUT2D eigenvalue weighted by Crippen LogP contribution is 2.31. The molecule has 0 aliphatic carbocycles. The van der Waals surface area contributed by atoms with Gasteiger partial charge in [-0.3, -0.25) is 0 Å². The predicted octanol–water partition coefficient (Wildman–Crippen LogP) is 3.73. The number of anilines is 1. The van der Waals surface area contributed by atoms with E-state index in [1.54, 1.807) is 4.90 Å². The molecule has 0 spiro atoms. The minimum absolute atomic E-state index is 0.0838. The fraction of sp³-hybridized carbons (Fsp3) is 0.652. The lowest BCUT2D eigenvalue weighted by atomic mass is 9.99. The molecule has 0 N–H and O–H groups in total. The van der Waals surface area contributed by atoms with Gasteiger partial charge in [0.05, 0.1) is 19.9 Å². The number of piperidine rings is 1. The van der Waals surface area contributed by atoms with E-state index in [2.05, 4.69) is 32.8 Å². The fourth-order valence-corrected chi connectivity index (χ4v) is 4.54. The number of likely N-dealkylation sites (tertiary alicyclic amines) is 1. The van der Waals surface area contributed by atoms with E-state index in [-0.39, 0.29) is 23.0 Å². The molecule has 2 aliphatic rings. The number of allylic oxidation sites excluding steroid dienone is 1. The first-order chi connectivity index (χ1) is 15.5. The van der Waals surface area contributed by atoms with Crippen LogP contribution in [0.2, 0.25) is 5.15 Å². The van der Waals surface area contributed by atoms with Crippen LogP contribution in [0.4, 0.5) is 10.6 Å². The van der Waals surface area contributed by atoms with Crippen molar-refractivity contribution >= 4 is 29.5 Å². The molecule has 0 bridgehead atoms. The Bertz CT molecular complexity index is 909. The van der Waals surface area contributed by atoms with Crippen molar-refractivity contribution < 1.29 is 19.1 Å². The summed E-state index contributed by atoms with van der Waals surface area (Å²) in [6, 6.07) is 0.483. The minimum atomic E-state index is -0.569. The number of halogens is 1. The lowest BCUT2D eigenvalue weighted by Gasteiger charge is -2.48. The molecular weight excluding hydrogens is 446 g/mol. The number of aromatic nitrogens is 2. The molecule has 3 heterocycles. The van der Waals surface area contributed by atoms with Crippen LogP contribution in [-0.4, -0.2) is 82.8 Å². The van der Waals surface area contributed by atoms with Crippen LogP contribution >= 0.6 is 11.6 Å². The zero-order chi connectivity index (χ0) is 24.3. The lowest BCUT2D eigenvalue weighted by Crippen LogP contribution is -2.56. The summed E-state index contributed by atoms with van der Waals surface area (Å²) in [4.78, 5) is 39.1. The summed E-state index contributed by atoms with van der Waals surface area (Å²) >= 11 is 6.39. The topological polar surface area (TPSA) is 88.1 Å². The first-order valence-electron chi connectivity index (χ1n) is 11.3. The Morgan fingerprint density at radius 3 is 2.42 bits per heavy atom.